The zero-order valence-electron chi connectivity index (χ0n) is 21.0. The third-order valence-corrected chi connectivity index (χ3v) is 9.72. The fourth-order valence-corrected chi connectivity index (χ4v) is 7.50. The Hall–Kier alpha value is -3.28. The molecule has 0 saturated heterocycles. The fraction of sp³-hybridized carbons (Fsp3) is 0.217. The van der Waals surface area contributed by atoms with Gasteiger partial charge in [0.25, 0.3) is 5.56 Å². The van der Waals surface area contributed by atoms with E-state index in [4.69, 9.17) is 21.9 Å². The van der Waals surface area contributed by atoms with Gasteiger partial charge in [0.2, 0.25) is 26.0 Å². The van der Waals surface area contributed by atoms with Crippen molar-refractivity contribution in [3.8, 4) is 5.69 Å². The average molecular weight is 624 g/mol. The number of carbonyl (C=O) groups is 1. The van der Waals surface area contributed by atoms with Crippen LogP contribution in [0.15, 0.2) is 56.3 Å². The van der Waals surface area contributed by atoms with E-state index >= 15 is 0 Å². The fourth-order valence-electron chi connectivity index (χ4n) is 4.50. The van der Waals surface area contributed by atoms with E-state index in [0.717, 1.165) is 22.9 Å². The van der Waals surface area contributed by atoms with Gasteiger partial charge in [-0.3, -0.25) is 14.2 Å². The van der Waals surface area contributed by atoms with E-state index in [1.807, 2.05) is 32.0 Å². The van der Waals surface area contributed by atoms with Crippen LogP contribution in [0.1, 0.15) is 23.6 Å². The molecule has 13 nitrogen and oxygen atoms in total. The second-order valence-corrected chi connectivity index (χ2v) is 13.7. The summed E-state index contributed by atoms with van der Waals surface area (Å²) in [5, 5.41) is 17.4. The number of halogens is 1. The lowest BCUT2D eigenvalue weighted by Crippen LogP contribution is -2.28. The maximum absolute atomic E-state index is 13.5. The quantitative estimate of drug-likeness (QED) is 0.268. The highest BCUT2D eigenvalue weighted by molar-refractivity contribution is 7.99. The summed E-state index contributed by atoms with van der Waals surface area (Å²) in [4.78, 5) is 29.8. The molecule has 3 heterocycles. The molecule has 1 amide bonds. The molecular formula is C23H22ClN7O6S3. The van der Waals surface area contributed by atoms with E-state index in [9.17, 15) is 26.4 Å². The largest absolute Gasteiger partial charge is 0.325 e. The second kappa shape index (κ2) is 9.97. The molecular weight excluding hydrogens is 602 g/mol. The lowest BCUT2D eigenvalue weighted by molar-refractivity contribution is -0.116. The van der Waals surface area contributed by atoms with E-state index < -0.39 is 46.8 Å². The molecule has 40 heavy (non-hydrogen) atoms. The summed E-state index contributed by atoms with van der Waals surface area (Å²) >= 11 is 7.28. The topological polar surface area (TPSA) is 202 Å². The van der Waals surface area contributed by atoms with Gasteiger partial charge in [-0.15, -0.1) is 0 Å². The highest BCUT2D eigenvalue weighted by atomic mass is 35.5. The minimum atomic E-state index is -4.48. The third kappa shape index (κ3) is 5.13. The highest BCUT2D eigenvalue weighted by Crippen LogP contribution is 2.35. The smallest absolute Gasteiger partial charge is 0.265 e. The first-order valence-corrected chi connectivity index (χ1v) is 16.0. The van der Waals surface area contributed by atoms with Crippen LogP contribution in [0.2, 0.25) is 5.02 Å². The monoisotopic (exact) mass is 623 g/mol. The summed E-state index contributed by atoms with van der Waals surface area (Å²) in [7, 11) is -8.86. The van der Waals surface area contributed by atoms with Gasteiger partial charge in [-0.1, -0.05) is 41.1 Å². The average Bonchev–Trinajstić information content (AvgIpc) is 3.42. The van der Waals surface area contributed by atoms with Crippen molar-refractivity contribution in [3.63, 3.8) is 0 Å². The molecule has 5 N–H and O–H groups in total. The number of rotatable bonds is 6. The van der Waals surface area contributed by atoms with Gasteiger partial charge >= 0.3 is 0 Å². The van der Waals surface area contributed by atoms with Gasteiger partial charge < -0.3 is 5.32 Å². The first-order chi connectivity index (χ1) is 18.6. The second-order valence-electron chi connectivity index (χ2n) is 9.24. The molecule has 2 aromatic heterocycles. The number of sulfonamides is 2. The summed E-state index contributed by atoms with van der Waals surface area (Å²) in [5.74, 6) is -0.312. The minimum absolute atomic E-state index is 0.225. The summed E-state index contributed by atoms with van der Waals surface area (Å²) in [6, 6.07) is 6.86. The number of anilines is 1. The van der Waals surface area contributed by atoms with Crippen LogP contribution in [-0.4, -0.2) is 47.8 Å². The van der Waals surface area contributed by atoms with Crippen molar-refractivity contribution in [1.82, 2.24) is 19.3 Å². The molecule has 0 radical (unpaired) electrons. The van der Waals surface area contributed by atoms with E-state index in [1.54, 1.807) is 4.68 Å². The van der Waals surface area contributed by atoms with Crippen molar-refractivity contribution in [2.45, 2.75) is 41.3 Å². The van der Waals surface area contributed by atoms with Gasteiger partial charge in [0.1, 0.15) is 15.2 Å². The Morgan fingerprint density at radius 3 is 2.48 bits per heavy atom. The van der Waals surface area contributed by atoms with Gasteiger partial charge in [0.15, 0.2) is 10.8 Å². The number of fused-ring (bicyclic) bond motifs is 2. The van der Waals surface area contributed by atoms with Gasteiger partial charge in [-0.2, -0.15) is 5.10 Å². The molecule has 1 aliphatic heterocycles. The molecule has 210 valence electrons. The van der Waals surface area contributed by atoms with Crippen molar-refractivity contribution in [2.75, 3.05) is 11.1 Å². The maximum Gasteiger partial charge on any atom is 0.265 e. The van der Waals surface area contributed by atoms with Crippen LogP contribution in [0.5, 0.6) is 0 Å². The molecule has 5 rings (SSSR count). The summed E-state index contributed by atoms with van der Waals surface area (Å²) < 4.78 is 50.8. The molecule has 1 atom stereocenters. The molecule has 0 bridgehead atoms. The Morgan fingerprint density at radius 1 is 1.12 bits per heavy atom. The molecule has 0 spiro atoms. The number of carbonyl (C=O) groups excluding carboxylic acids is 1. The number of nitrogens with two attached hydrogens (primary N) is 2. The molecule has 1 aliphatic rings. The maximum atomic E-state index is 13.5. The number of nitrogens with zero attached hydrogens (tertiary/aromatic N) is 4. The zero-order chi connectivity index (χ0) is 29.1. The molecule has 17 heteroatoms. The molecule has 0 aliphatic carbocycles. The Kier molecular flexibility index (Phi) is 7.04. The van der Waals surface area contributed by atoms with E-state index in [1.165, 1.54) is 22.5 Å². The van der Waals surface area contributed by atoms with Gasteiger partial charge in [-0.25, -0.2) is 36.8 Å². The SMILES string of the molecule is Cc1ccc(-n2ncc3c(=O)n4c(nc32)SCC4CC(=O)Nc2cc(Cl)c(S(N)(=O)=O)cc2S(N)(=O)=O)c(C)c1. The molecule has 4 aromatic rings. The molecule has 2 aromatic carbocycles. The van der Waals surface area contributed by atoms with Crippen LogP contribution in [0.4, 0.5) is 5.69 Å². The van der Waals surface area contributed by atoms with Crippen LogP contribution < -0.4 is 21.2 Å². The number of hydrogen-bond acceptors (Lipinski definition) is 9. The number of amides is 1. The Bertz CT molecular complexity index is 2010. The van der Waals surface area contributed by atoms with Crippen LogP contribution >= 0.6 is 23.4 Å². The van der Waals surface area contributed by atoms with Crippen LogP contribution in [0.3, 0.4) is 0 Å². The lowest BCUT2D eigenvalue weighted by Gasteiger charge is -2.16. The Labute approximate surface area is 237 Å². The van der Waals surface area contributed by atoms with Crippen molar-refractivity contribution in [3.05, 3.63) is 63.0 Å². The standard InChI is InChI=1S/C23H22ClN7O6S3/c1-11-3-4-17(12(2)5-11)31-21-14(9-27-31)22(33)30-13(10-38-23(30)29-21)6-20(32)28-16-7-15(24)18(39(25,34)35)8-19(16)40(26,36)37/h3-5,7-9,13H,6,10H2,1-2H3,(H,28,32)(H2,25,34,35)(H2,26,36,37). The Morgan fingerprint density at radius 2 is 1.82 bits per heavy atom. The molecule has 0 fully saturated rings. The van der Waals surface area contributed by atoms with Crippen molar-refractivity contribution in [1.29, 1.82) is 0 Å². The van der Waals surface area contributed by atoms with Crippen molar-refractivity contribution in [2.24, 2.45) is 10.3 Å². The number of aryl methyl sites for hydroxylation is 2. The van der Waals surface area contributed by atoms with E-state index in [-0.39, 0.29) is 23.1 Å². The lowest BCUT2D eigenvalue weighted by atomic mass is 10.1. The van der Waals surface area contributed by atoms with Crippen molar-refractivity contribution >= 4 is 66.0 Å². The van der Waals surface area contributed by atoms with Crippen LogP contribution in [-0.2, 0) is 24.8 Å². The van der Waals surface area contributed by atoms with Crippen LogP contribution in [0.25, 0.3) is 16.7 Å². The predicted octanol–water partition coefficient (Wildman–Crippen LogP) is 1.82. The number of hydrogen-bond donors (Lipinski definition) is 3. The first-order valence-electron chi connectivity index (χ1n) is 11.5. The number of nitrogens with one attached hydrogen (secondary N) is 1. The third-order valence-electron chi connectivity index (χ3n) is 6.29. The number of aromatic nitrogens is 4. The summed E-state index contributed by atoms with van der Waals surface area (Å²) in [6.45, 7) is 3.92. The summed E-state index contributed by atoms with van der Waals surface area (Å²) in [5.41, 5.74) is 2.53. The van der Waals surface area contributed by atoms with Crippen molar-refractivity contribution < 1.29 is 21.6 Å². The highest BCUT2D eigenvalue weighted by Gasteiger charge is 2.31. The number of primary sulfonamides is 2. The Balaban J connectivity index is 1.46. The minimum Gasteiger partial charge on any atom is -0.325 e. The first kappa shape index (κ1) is 28.3. The number of benzene rings is 2. The van der Waals surface area contributed by atoms with Gasteiger partial charge in [-0.05, 0) is 37.6 Å². The molecule has 1 unspecified atom stereocenters. The normalized spacial score (nSPS) is 15.4. The van der Waals surface area contributed by atoms with Gasteiger partial charge in [0, 0.05) is 12.2 Å². The van der Waals surface area contributed by atoms with E-state index in [2.05, 4.69) is 15.4 Å². The van der Waals surface area contributed by atoms with Gasteiger partial charge in [0.05, 0.1) is 28.6 Å². The van der Waals surface area contributed by atoms with Crippen LogP contribution in [0, 0.1) is 13.8 Å². The zero-order valence-corrected chi connectivity index (χ0v) is 24.2. The molecule has 0 saturated carbocycles. The number of thioether (sulfide) groups is 1. The summed E-state index contributed by atoms with van der Waals surface area (Å²) in [6.07, 6.45) is 1.21. The predicted molar refractivity (Wildman–Crippen MR) is 150 cm³/mol. The van der Waals surface area contributed by atoms with E-state index in [0.29, 0.717) is 22.6 Å².